The van der Waals surface area contributed by atoms with Crippen LogP contribution in [-0.2, 0) is 19.1 Å². The lowest BCUT2D eigenvalue weighted by Crippen LogP contribution is -2.49. The molecule has 0 fully saturated rings. The maximum Gasteiger partial charge on any atom is 0.342 e. The van der Waals surface area contributed by atoms with Gasteiger partial charge >= 0.3 is 17.9 Å². The van der Waals surface area contributed by atoms with Crippen molar-refractivity contribution in [3.63, 3.8) is 0 Å². The number of esters is 1. The van der Waals surface area contributed by atoms with Crippen molar-refractivity contribution in [3.8, 4) is 11.5 Å². The van der Waals surface area contributed by atoms with Gasteiger partial charge in [0.2, 0.25) is 5.91 Å². The molecule has 2 atom stereocenters. The van der Waals surface area contributed by atoms with Crippen molar-refractivity contribution in [1.82, 2.24) is 5.32 Å². The molecule has 0 spiro atoms. The molecule has 1 aromatic carbocycles. The Labute approximate surface area is 159 Å². The van der Waals surface area contributed by atoms with Crippen LogP contribution in [0, 0.1) is 6.92 Å². The number of phenolic OH excluding ortho intramolecular Hbond substituents is 2. The Balaban J connectivity index is 2.62. The number of amides is 1. The van der Waals surface area contributed by atoms with E-state index in [1.165, 1.54) is 13.0 Å². The predicted octanol–water partition coefficient (Wildman–Crippen LogP) is -0.285. The standard InChI is InChI=1S/C17H22N2O9/c1-8-6-9(20)7-12(21)14(8)17(27)28-5-4-11(16(25)26)19-15(24)10(18)2-3-13(22)23/h6-7,10-11,20-21H,2-5,18H2,1H3,(H,19,24)(H,22,23)(H,25,26). The Hall–Kier alpha value is -3.34. The molecule has 11 nitrogen and oxygen atoms in total. The highest BCUT2D eigenvalue weighted by Gasteiger charge is 2.24. The van der Waals surface area contributed by atoms with E-state index in [1.54, 1.807) is 0 Å². The Morgan fingerprint density at radius 1 is 1.14 bits per heavy atom. The van der Waals surface area contributed by atoms with Gasteiger partial charge < -0.3 is 36.2 Å². The Bertz CT molecular complexity index is 740. The number of ether oxygens (including phenoxy) is 1. The maximum absolute atomic E-state index is 12.1. The summed E-state index contributed by atoms with van der Waals surface area (Å²) in [4.78, 5) is 45.6. The van der Waals surface area contributed by atoms with Crippen molar-refractivity contribution in [2.45, 2.75) is 38.3 Å². The molecule has 0 saturated heterocycles. The molecule has 0 aliphatic heterocycles. The van der Waals surface area contributed by atoms with Gasteiger partial charge in [-0.2, -0.15) is 0 Å². The molecular weight excluding hydrogens is 376 g/mol. The predicted molar refractivity (Wildman–Crippen MR) is 93.8 cm³/mol. The van der Waals surface area contributed by atoms with Gasteiger partial charge in [0, 0.05) is 18.9 Å². The van der Waals surface area contributed by atoms with E-state index < -0.39 is 41.6 Å². The molecule has 1 rings (SSSR count). The summed E-state index contributed by atoms with van der Waals surface area (Å²) >= 11 is 0. The number of nitrogens with one attached hydrogen (secondary N) is 1. The smallest absolute Gasteiger partial charge is 0.342 e. The van der Waals surface area contributed by atoms with Gasteiger partial charge in [-0.15, -0.1) is 0 Å². The van der Waals surface area contributed by atoms with Gasteiger partial charge in [0.1, 0.15) is 23.1 Å². The normalized spacial score (nSPS) is 12.6. The van der Waals surface area contributed by atoms with Gasteiger partial charge in [0.15, 0.2) is 0 Å². The maximum atomic E-state index is 12.1. The number of aliphatic carboxylic acids is 2. The fourth-order valence-corrected chi connectivity index (χ4v) is 2.30. The SMILES string of the molecule is Cc1cc(O)cc(O)c1C(=O)OCCC(NC(=O)C(N)CCC(=O)O)C(=O)O. The fourth-order valence-electron chi connectivity index (χ4n) is 2.30. The molecule has 2 unspecified atom stereocenters. The summed E-state index contributed by atoms with van der Waals surface area (Å²) in [6, 6.07) is -0.403. The van der Waals surface area contributed by atoms with Crippen LogP contribution in [0.5, 0.6) is 11.5 Å². The molecule has 0 heterocycles. The van der Waals surface area contributed by atoms with Crippen LogP contribution in [0.3, 0.4) is 0 Å². The quantitative estimate of drug-likeness (QED) is 0.285. The summed E-state index contributed by atoms with van der Waals surface area (Å²) in [7, 11) is 0. The van der Waals surface area contributed by atoms with Crippen LogP contribution in [-0.4, -0.2) is 62.9 Å². The number of carboxylic acids is 2. The number of hydrogen-bond acceptors (Lipinski definition) is 8. The Morgan fingerprint density at radius 3 is 2.32 bits per heavy atom. The van der Waals surface area contributed by atoms with Crippen molar-refractivity contribution >= 4 is 23.8 Å². The number of nitrogens with two attached hydrogens (primary N) is 1. The van der Waals surface area contributed by atoms with Crippen molar-refractivity contribution < 1.29 is 44.3 Å². The average Bonchev–Trinajstić information content (AvgIpc) is 2.57. The molecular formula is C17H22N2O9. The molecule has 154 valence electrons. The first-order valence-corrected chi connectivity index (χ1v) is 8.23. The first-order valence-electron chi connectivity index (χ1n) is 8.23. The topological polar surface area (TPSA) is 196 Å². The van der Waals surface area contributed by atoms with E-state index in [2.05, 4.69) is 5.32 Å². The summed E-state index contributed by atoms with van der Waals surface area (Å²) in [5.41, 5.74) is 5.59. The van der Waals surface area contributed by atoms with E-state index in [1.807, 2.05) is 0 Å². The molecule has 0 aliphatic carbocycles. The molecule has 0 bridgehead atoms. The number of carboxylic acid groups (broad SMARTS) is 2. The van der Waals surface area contributed by atoms with Crippen LogP contribution in [0.1, 0.15) is 35.2 Å². The van der Waals surface area contributed by atoms with Gasteiger partial charge in [0.05, 0.1) is 12.6 Å². The van der Waals surface area contributed by atoms with Crippen LogP contribution >= 0.6 is 0 Å². The number of aromatic hydroxyl groups is 2. The zero-order valence-electron chi connectivity index (χ0n) is 15.0. The highest BCUT2D eigenvalue weighted by Crippen LogP contribution is 2.27. The number of hydrogen-bond donors (Lipinski definition) is 6. The van der Waals surface area contributed by atoms with Gasteiger partial charge in [-0.05, 0) is 25.0 Å². The first-order chi connectivity index (χ1) is 13.0. The van der Waals surface area contributed by atoms with Crippen molar-refractivity contribution in [3.05, 3.63) is 23.3 Å². The summed E-state index contributed by atoms with van der Waals surface area (Å²) in [5, 5.41) is 39.0. The van der Waals surface area contributed by atoms with Gasteiger partial charge in [-0.25, -0.2) is 9.59 Å². The monoisotopic (exact) mass is 398 g/mol. The minimum Gasteiger partial charge on any atom is -0.508 e. The lowest BCUT2D eigenvalue weighted by atomic mass is 10.1. The molecule has 0 saturated carbocycles. The number of rotatable bonds is 10. The van der Waals surface area contributed by atoms with Crippen LogP contribution in [0.25, 0.3) is 0 Å². The molecule has 1 amide bonds. The number of phenols is 2. The molecule has 0 aliphatic rings. The molecule has 7 N–H and O–H groups in total. The van der Waals surface area contributed by atoms with Crippen molar-refractivity contribution in [2.24, 2.45) is 5.73 Å². The van der Waals surface area contributed by atoms with E-state index in [4.69, 9.17) is 20.7 Å². The minimum absolute atomic E-state index is 0.165. The van der Waals surface area contributed by atoms with Gasteiger partial charge in [-0.1, -0.05) is 0 Å². The molecule has 11 heteroatoms. The van der Waals surface area contributed by atoms with E-state index in [0.29, 0.717) is 0 Å². The Kier molecular flexibility index (Phi) is 8.20. The van der Waals surface area contributed by atoms with Crippen molar-refractivity contribution in [1.29, 1.82) is 0 Å². The fraction of sp³-hybridized carbons (Fsp3) is 0.412. The van der Waals surface area contributed by atoms with Crippen LogP contribution < -0.4 is 11.1 Å². The second-order valence-electron chi connectivity index (χ2n) is 6.02. The van der Waals surface area contributed by atoms with Crippen LogP contribution in [0.15, 0.2) is 12.1 Å². The molecule has 1 aromatic rings. The highest BCUT2D eigenvalue weighted by atomic mass is 16.5. The zero-order valence-corrected chi connectivity index (χ0v) is 15.0. The van der Waals surface area contributed by atoms with Crippen LogP contribution in [0.2, 0.25) is 0 Å². The summed E-state index contributed by atoms with van der Waals surface area (Å²) < 4.78 is 4.93. The third kappa shape index (κ3) is 6.76. The number of benzene rings is 1. The second-order valence-corrected chi connectivity index (χ2v) is 6.02. The van der Waals surface area contributed by atoms with E-state index in [-0.39, 0.29) is 42.7 Å². The summed E-state index contributed by atoms with van der Waals surface area (Å²) in [6.07, 6.45) is -0.794. The average molecular weight is 398 g/mol. The number of carbonyl (C=O) groups is 4. The van der Waals surface area contributed by atoms with Gasteiger partial charge in [0.25, 0.3) is 0 Å². The minimum atomic E-state index is -1.41. The number of aryl methyl sites for hydroxylation is 1. The Morgan fingerprint density at radius 2 is 1.79 bits per heavy atom. The first kappa shape index (κ1) is 22.7. The highest BCUT2D eigenvalue weighted by molar-refractivity contribution is 5.94. The van der Waals surface area contributed by atoms with Crippen molar-refractivity contribution in [2.75, 3.05) is 6.61 Å². The lowest BCUT2D eigenvalue weighted by Gasteiger charge is -2.17. The zero-order chi connectivity index (χ0) is 21.4. The van der Waals surface area contributed by atoms with E-state index in [0.717, 1.165) is 6.07 Å². The third-order valence-corrected chi connectivity index (χ3v) is 3.76. The summed E-state index contributed by atoms with van der Waals surface area (Å²) in [6.45, 7) is 1.08. The summed E-state index contributed by atoms with van der Waals surface area (Å²) in [5.74, 6) is -5.03. The van der Waals surface area contributed by atoms with E-state index >= 15 is 0 Å². The van der Waals surface area contributed by atoms with Gasteiger partial charge in [-0.3, -0.25) is 9.59 Å². The molecule has 28 heavy (non-hydrogen) atoms. The second kappa shape index (κ2) is 10.1. The number of carbonyl (C=O) groups excluding carboxylic acids is 2. The van der Waals surface area contributed by atoms with E-state index in [9.17, 15) is 29.4 Å². The van der Waals surface area contributed by atoms with Crippen LogP contribution in [0.4, 0.5) is 0 Å². The molecule has 0 radical (unpaired) electrons. The third-order valence-electron chi connectivity index (χ3n) is 3.76. The molecule has 0 aromatic heterocycles. The lowest BCUT2D eigenvalue weighted by molar-refractivity contribution is -0.143. The largest absolute Gasteiger partial charge is 0.508 e.